The molecule has 0 aromatic carbocycles. The average molecular weight is 222 g/mol. The summed E-state index contributed by atoms with van der Waals surface area (Å²) >= 11 is 5.03. The van der Waals surface area contributed by atoms with Crippen molar-refractivity contribution < 1.29 is 18.7 Å². The number of aryl methyl sites for hydroxylation is 1. The molecule has 1 rings (SSSR count). The zero-order valence-corrected chi connectivity index (χ0v) is 7.85. The molecular weight excluding hydrogens is 216 g/mol. The van der Waals surface area contributed by atoms with Gasteiger partial charge in [0.15, 0.2) is 11.4 Å². The zero-order chi connectivity index (χ0) is 10.9. The second kappa shape index (κ2) is 3.88. The fourth-order valence-corrected chi connectivity index (χ4v) is 1.16. The summed E-state index contributed by atoms with van der Waals surface area (Å²) in [6.07, 6.45) is -1.80. The highest BCUT2D eigenvalue weighted by Crippen LogP contribution is 2.33. The van der Waals surface area contributed by atoms with Gasteiger partial charge in [0, 0.05) is 6.20 Å². The van der Waals surface area contributed by atoms with Gasteiger partial charge in [0.05, 0.1) is 5.56 Å². The van der Waals surface area contributed by atoms with E-state index in [0.717, 1.165) is 6.20 Å². The van der Waals surface area contributed by atoms with Crippen LogP contribution in [0.5, 0.6) is 5.75 Å². The van der Waals surface area contributed by atoms with Crippen LogP contribution in [0.1, 0.15) is 28.0 Å². The number of pyridine rings is 1. The summed E-state index contributed by atoms with van der Waals surface area (Å²) in [5.74, 6) is -0.847. The summed E-state index contributed by atoms with van der Waals surface area (Å²) in [5.41, 5.74) is -1.05. The molecule has 0 atom stereocenters. The van der Waals surface area contributed by atoms with Crippen LogP contribution >= 0.6 is 11.6 Å². The topological polar surface area (TPSA) is 50.2 Å². The van der Waals surface area contributed by atoms with E-state index in [1.807, 2.05) is 0 Å². The number of rotatable bonds is 2. The minimum absolute atomic E-state index is 0.110. The van der Waals surface area contributed by atoms with Crippen LogP contribution in [-0.2, 0) is 0 Å². The molecule has 0 amide bonds. The van der Waals surface area contributed by atoms with Crippen molar-refractivity contribution in [1.29, 1.82) is 0 Å². The van der Waals surface area contributed by atoms with E-state index in [9.17, 15) is 18.7 Å². The lowest BCUT2D eigenvalue weighted by atomic mass is 10.1. The number of carbonyl (C=O) groups excluding carboxylic acids is 1. The van der Waals surface area contributed by atoms with Crippen LogP contribution in [0.4, 0.5) is 8.78 Å². The lowest BCUT2D eigenvalue weighted by Gasteiger charge is -2.08. The molecule has 0 saturated heterocycles. The molecule has 1 heterocycles. The first-order valence-electron chi connectivity index (χ1n) is 3.61. The molecule has 1 aromatic heterocycles. The maximum atomic E-state index is 12.4. The van der Waals surface area contributed by atoms with Gasteiger partial charge in [-0.05, 0) is 24.1 Å². The van der Waals surface area contributed by atoms with Crippen molar-refractivity contribution >= 4 is 16.8 Å². The number of alkyl halides is 2. The van der Waals surface area contributed by atoms with Crippen molar-refractivity contribution in [2.75, 3.05) is 0 Å². The van der Waals surface area contributed by atoms with Crippen LogP contribution in [0.2, 0.25) is 0 Å². The lowest BCUT2D eigenvalue weighted by Crippen LogP contribution is -2.00. The first-order valence-corrected chi connectivity index (χ1v) is 3.99. The molecule has 0 aliphatic carbocycles. The largest absolute Gasteiger partial charge is 0.505 e. The van der Waals surface area contributed by atoms with Crippen LogP contribution in [0.25, 0.3) is 0 Å². The Morgan fingerprint density at radius 2 is 2.21 bits per heavy atom. The molecule has 76 valence electrons. The SMILES string of the molecule is Cc1cnc(C(=O)Cl)c(O)c1C(F)F. The first-order chi connectivity index (χ1) is 6.45. The number of nitrogens with zero attached hydrogens (tertiary/aromatic N) is 1. The molecule has 6 heteroatoms. The van der Waals surface area contributed by atoms with Gasteiger partial charge in [-0.2, -0.15) is 0 Å². The van der Waals surface area contributed by atoms with Crippen LogP contribution in [0.15, 0.2) is 6.20 Å². The van der Waals surface area contributed by atoms with Gasteiger partial charge in [-0.25, -0.2) is 13.8 Å². The Labute approximate surface area is 83.3 Å². The summed E-state index contributed by atoms with van der Waals surface area (Å²) in [6.45, 7) is 1.36. The normalized spacial score (nSPS) is 10.6. The fraction of sp³-hybridized carbons (Fsp3) is 0.250. The third-order valence-electron chi connectivity index (χ3n) is 1.70. The first kappa shape index (κ1) is 10.8. The highest BCUT2D eigenvalue weighted by Gasteiger charge is 2.22. The molecule has 0 spiro atoms. The van der Waals surface area contributed by atoms with Gasteiger partial charge in [0.1, 0.15) is 0 Å². The van der Waals surface area contributed by atoms with E-state index in [-0.39, 0.29) is 5.56 Å². The number of hydrogen-bond donors (Lipinski definition) is 1. The van der Waals surface area contributed by atoms with Crippen molar-refractivity contribution in [3.05, 3.63) is 23.0 Å². The second-order valence-electron chi connectivity index (χ2n) is 2.63. The van der Waals surface area contributed by atoms with Crippen molar-refractivity contribution in [2.45, 2.75) is 13.3 Å². The average Bonchev–Trinajstić information content (AvgIpc) is 2.02. The van der Waals surface area contributed by atoms with Crippen LogP contribution in [0, 0.1) is 6.92 Å². The van der Waals surface area contributed by atoms with Crippen molar-refractivity contribution in [2.24, 2.45) is 0 Å². The van der Waals surface area contributed by atoms with E-state index in [1.165, 1.54) is 6.92 Å². The second-order valence-corrected chi connectivity index (χ2v) is 2.97. The maximum Gasteiger partial charge on any atom is 0.274 e. The van der Waals surface area contributed by atoms with E-state index >= 15 is 0 Å². The van der Waals surface area contributed by atoms with E-state index in [2.05, 4.69) is 4.98 Å². The summed E-state index contributed by atoms with van der Waals surface area (Å²) in [6, 6.07) is 0. The molecule has 0 bridgehead atoms. The van der Waals surface area contributed by atoms with Gasteiger partial charge >= 0.3 is 0 Å². The lowest BCUT2D eigenvalue weighted by molar-refractivity contribution is 0.107. The van der Waals surface area contributed by atoms with Crippen LogP contribution < -0.4 is 0 Å². The third kappa shape index (κ3) is 1.82. The smallest absolute Gasteiger partial charge is 0.274 e. The summed E-state index contributed by atoms with van der Waals surface area (Å²) in [4.78, 5) is 14.1. The van der Waals surface area contributed by atoms with E-state index in [1.54, 1.807) is 0 Å². The quantitative estimate of drug-likeness (QED) is 0.781. The van der Waals surface area contributed by atoms with Gasteiger partial charge < -0.3 is 5.11 Å². The molecule has 1 aromatic rings. The molecule has 0 saturated carbocycles. The van der Waals surface area contributed by atoms with Gasteiger partial charge in [-0.1, -0.05) is 0 Å². The molecule has 0 aliphatic heterocycles. The minimum Gasteiger partial charge on any atom is -0.505 e. The Morgan fingerprint density at radius 1 is 1.64 bits per heavy atom. The molecular formula is C8H6ClF2NO2. The number of halogens is 3. The highest BCUT2D eigenvalue weighted by atomic mass is 35.5. The van der Waals surface area contributed by atoms with Crippen LogP contribution in [0.3, 0.4) is 0 Å². The zero-order valence-electron chi connectivity index (χ0n) is 7.09. The number of aromatic nitrogens is 1. The fourth-order valence-electron chi connectivity index (χ4n) is 1.03. The molecule has 0 aliphatic rings. The molecule has 14 heavy (non-hydrogen) atoms. The third-order valence-corrected chi connectivity index (χ3v) is 1.87. The number of hydrogen-bond acceptors (Lipinski definition) is 3. The maximum absolute atomic E-state index is 12.4. The van der Waals surface area contributed by atoms with Gasteiger partial charge in [0.25, 0.3) is 11.7 Å². The molecule has 0 unspecified atom stereocenters. The summed E-state index contributed by atoms with van der Waals surface area (Å²) < 4.78 is 24.8. The Morgan fingerprint density at radius 3 is 2.64 bits per heavy atom. The summed E-state index contributed by atoms with van der Waals surface area (Å²) in [7, 11) is 0. The summed E-state index contributed by atoms with van der Waals surface area (Å²) in [5, 5.41) is 8.20. The predicted molar refractivity (Wildman–Crippen MR) is 45.8 cm³/mol. The minimum atomic E-state index is -2.87. The van der Waals surface area contributed by atoms with Crippen molar-refractivity contribution in [1.82, 2.24) is 4.98 Å². The Kier molecular flexibility index (Phi) is 3.00. The molecule has 3 nitrogen and oxygen atoms in total. The van der Waals surface area contributed by atoms with E-state index < -0.39 is 28.7 Å². The van der Waals surface area contributed by atoms with Gasteiger partial charge in [-0.3, -0.25) is 4.79 Å². The molecule has 0 fully saturated rings. The highest BCUT2D eigenvalue weighted by molar-refractivity contribution is 6.67. The Balaban J connectivity index is 3.41. The van der Waals surface area contributed by atoms with Gasteiger partial charge in [0.2, 0.25) is 0 Å². The van der Waals surface area contributed by atoms with E-state index in [0.29, 0.717) is 0 Å². The number of aromatic hydroxyl groups is 1. The molecule has 0 radical (unpaired) electrons. The van der Waals surface area contributed by atoms with Gasteiger partial charge in [-0.15, -0.1) is 0 Å². The number of carbonyl (C=O) groups is 1. The monoisotopic (exact) mass is 221 g/mol. The van der Waals surface area contributed by atoms with Crippen molar-refractivity contribution in [3.63, 3.8) is 0 Å². The Bertz CT molecular complexity index is 382. The standard InChI is InChI=1S/C8H6ClF2NO2/c1-3-2-12-5(7(9)14)6(13)4(3)8(10)11/h2,8,13H,1H3. The van der Waals surface area contributed by atoms with Crippen LogP contribution in [-0.4, -0.2) is 15.3 Å². The molecule has 1 N–H and O–H groups in total. The van der Waals surface area contributed by atoms with E-state index in [4.69, 9.17) is 11.6 Å². The van der Waals surface area contributed by atoms with Crippen molar-refractivity contribution in [3.8, 4) is 5.75 Å². The predicted octanol–water partition coefficient (Wildman–Crippen LogP) is 2.41. The Hall–Kier alpha value is -1.23.